The highest BCUT2D eigenvalue weighted by Crippen LogP contribution is 2.26. The van der Waals surface area contributed by atoms with Crippen LogP contribution in [-0.2, 0) is 7.05 Å². The third kappa shape index (κ3) is 2.92. The van der Waals surface area contributed by atoms with Crippen molar-refractivity contribution in [2.24, 2.45) is 7.05 Å². The molecular weight excluding hydrogens is 242 g/mol. The smallest absolute Gasteiger partial charge is 0.201 e. The van der Waals surface area contributed by atoms with Crippen LogP contribution in [0.1, 0.15) is 56.2 Å². The SMILES string of the molecule is Cc1cc(C(C)C)ccc1-c1cc(C(C)C)cc[n+]1C. The molecule has 0 saturated heterocycles. The normalized spacial score (nSPS) is 11.4. The average molecular weight is 268 g/mol. The van der Waals surface area contributed by atoms with Gasteiger partial charge in [-0.25, -0.2) is 4.57 Å². The molecule has 1 nitrogen and oxygen atoms in total. The second kappa shape index (κ2) is 5.78. The summed E-state index contributed by atoms with van der Waals surface area (Å²) in [6.45, 7) is 11.2. The lowest BCUT2D eigenvalue weighted by Gasteiger charge is -2.11. The zero-order valence-electron chi connectivity index (χ0n) is 13.6. The summed E-state index contributed by atoms with van der Waals surface area (Å²) in [5.41, 5.74) is 6.79. The van der Waals surface area contributed by atoms with E-state index in [1.54, 1.807) is 0 Å². The zero-order valence-corrected chi connectivity index (χ0v) is 13.6. The molecule has 2 rings (SSSR count). The maximum Gasteiger partial charge on any atom is 0.212 e. The Morgan fingerprint density at radius 3 is 2.00 bits per heavy atom. The van der Waals surface area contributed by atoms with Gasteiger partial charge in [0.05, 0.1) is 0 Å². The summed E-state index contributed by atoms with van der Waals surface area (Å²) < 4.78 is 2.21. The Kier molecular flexibility index (Phi) is 4.27. The molecule has 0 N–H and O–H groups in total. The van der Waals surface area contributed by atoms with Crippen molar-refractivity contribution < 1.29 is 4.57 Å². The Balaban J connectivity index is 2.53. The molecule has 0 bridgehead atoms. The van der Waals surface area contributed by atoms with Crippen LogP contribution in [0.3, 0.4) is 0 Å². The number of hydrogen-bond acceptors (Lipinski definition) is 0. The van der Waals surface area contributed by atoms with E-state index in [0.29, 0.717) is 11.8 Å². The first kappa shape index (κ1) is 14.8. The molecule has 0 unspecified atom stereocenters. The minimum Gasteiger partial charge on any atom is -0.201 e. The molecule has 0 aliphatic carbocycles. The monoisotopic (exact) mass is 268 g/mol. The van der Waals surface area contributed by atoms with Crippen molar-refractivity contribution >= 4 is 0 Å². The third-order valence-corrected chi connectivity index (χ3v) is 4.03. The van der Waals surface area contributed by atoms with Crippen LogP contribution in [0.25, 0.3) is 11.3 Å². The Hall–Kier alpha value is -1.63. The fraction of sp³-hybridized carbons (Fsp3) is 0.421. The highest BCUT2D eigenvalue weighted by molar-refractivity contribution is 5.62. The Morgan fingerprint density at radius 1 is 0.850 bits per heavy atom. The van der Waals surface area contributed by atoms with Crippen LogP contribution in [0, 0.1) is 6.92 Å². The number of benzene rings is 1. The number of aryl methyl sites for hydroxylation is 2. The average Bonchev–Trinajstić information content (AvgIpc) is 2.39. The van der Waals surface area contributed by atoms with Crippen LogP contribution >= 0.6 is 0 Å². The first-order chi connectivity index (χ1) is 9.40. The standard InChI is InChI=1S/C19H26N/c1-13(2)16-7-8-18(15(5)11-16)19-12-17(14(3)4)9-10-20(19)6/h7-14H,1-6H3/q+1. The lowest BCUT2D eigenvalue weighted by molar-refractivity contribution is -0.660. The number of pyridine rings is 1. The quantitative estimate of drug-likeness (QED) is 0.708. The van der Waals surface area contributed by atoms with Gasteiger partial charge in [-0.05, 0) is 41.5 Å². The molecule has 106 valence electrons. The summed E-state index contributed by atoms with van der Waals surface area (Å²) in [6, 6.07) is 11.4. The molecule has 0 atom stereocenters. The van der Waals surface area contributed by atoms with Gasteiger partial charge in [-0.1, -0.05) is 39.8 Å². The largest absolute Gasteiger partial charge is 0.212 e. The fourth-order valence-electron chi connectivity index (χ4n) is 2.55. The lowest BCUT2D eigenvalue weighted by atomic mass is 9.95. The predicted molar refractivity (Wildman–Crippen MR) is 86.0 cm³/mol. The topological polar surface area (TPSA) is 3.88 Å². The molecule has 1 heteroatoms. The fourth-order valence-corrected chi connectivity index (χ4v) is 2.55. The van der Waals surface area contributed by atoms with Crippen molar-refractivity contribution in [3.05, 3.63) is 53.2 Å². The minimum atomic E-state index is 0.560. The second-order valence-corrected chi connectivity index (χ2v) is 6.34. The first-order valence-corrected chi connectivity index (χ1v) is 7.50. The maximum absolute atomic E-state index is 2.32. The highest BCUT2D eigenvalue weighted by atomic mass is 14.9. The van der Waals surface area contributed by atoms with E-state index in [-0.39, 0.29) is 0 Å². The molecule has 0 fully saturated rings. The number of hydrogen-bond donors (Lipinski definition) is 0. The van der Waals surface area contributed by atoms with Gasteiger partial charge >= 0.3 is 0 Å². The zero-order chi connectivity index (χ0) is 14.9. The molecule has 0 radical (unpaired) electrons. The number of rotatable bonds is 3. The van der Waals surface area contributed by atoms with Crippen molar-refractivity contribution in [3.63, 3.8) is 0 Å². The molecule has 0 spiro atoms. The molecule has 0 saturated carbocycles. The van der Waals surface area contributed by atoms with Gasteiger partial charge in [0.1, 0.15) is 7.05 Å². The van der Waals surface area contributed by atoms with Gasteiger partial charge in [0.2, 0.25) is 5.69 Å². The van der Waals surface area contributed by atoms with Crippen molar-refractivity contribution in [2.45, 2.75) is 46.5 Å². The van der Waals surface area contributed by atoms with E-state index in [4.69, 9.17) is 0 Å². The van der Waals surface area contributed by atoms with Gasteiger partial charge in [0, 0.05) is 17.7 Å². The Labute approximate surface area is 123 Å². The van der Waals surface area contributed by atoms with E-state index in [1.165, 1.54) is 27.9 Å². The van der Waals surface area contributed by atoms with E-state index < -0.39 is 0 Å². The van der Waals surface area contributed by atoms with Crippen LogP contribution in [0.5, 0.6) is 0 Å². The number of aromatic nitrogens is 1. The summed E-state index contributed by atoms with van der Waals surface area (Å²) in [5.74, 6) is 1.14. The Bertz CT molecular complexity index is 609. The van der Waals surface area contributed by atoms with Crippen LogP contribution < -0.4 is 4.57 Å². The molecular formula is C19H26N+. The summed E-state index contributed by atoms with van der Waals surface area (Å²) in [7, 11) is 2.12. The van der Waals surface area contributed by atoms with Crippen LogP contribution in [0.15, 0.2) is 36.5 Å². The molecule has 1 aromatic carbocycles. The van der Waals surface area contributed by atoms with Crippen LogP contribution in [0.4, 0.5) is 0 Å². The maximum atomic E-state index is 2.32. The highest BCUT2D eigenvalue weighted by Gasteiger charge is 2.15. The molecule has 1 aromatic heterocycles. The van der Waals surface area contributed by atoms with Gasteiger partial charge in [-0.15, -0.1) is 0 Å². The Morgan fingerprint density at radius 2 is 1.45 bits per heavy atom. The van der Waals surface area contributed by atoms with Gasteiger partial charge in [0.25, 0.3) is 0 Å². The summed E-state index contributed by atoms with van der Waals surface area (Å²) in [6.07, 6.45) is 2.17. The van der Waals surface area contributed by atoms with Crippen LogP contribution in [-0.4, -0.2) is 0 Å². The lowest BCUT2D eigenvalue weighted by Crippen LogP contribution is -2.30. The van der Waals surface area contributed by atoms with Crippen molar-refractivity contribution in [1.82, 2.24) is 0 Å². The molecule has 0 aliphatic rings. The first-order valence-electron chi connectivity index (χ1n) is 7.50. The van der Waals surface area contributed by atoms with Crippen molar-refractivity contribution in [2.75, 3.05) is 0 Å². The van der Waals surface area contributed by atoms with Gasteiger partial charge in [0.15, 0.2) is 6.20 Å². The van der Waals surface area contributed by atoms with Gasteiger partial charge in [-0.3, -0.25) is 0 Å². The summed E-state index contributed by atoms with van der Waals surface area (Å²) in [5, 5.41) is 0. The summed E-state index contributed by atoms with van der Waals surface area (Å²) >= 11 is 0. The third-order valence-electron chi connectivity index (χ3n) is 4.03. The van der Waals surface area contributed by atoms with Gasteiger partial charge < -0.3 is 0 Å². The van der Waals surface area contributed by atoms with Crippen molar-refractivity contribution in [3.8, 4) is 11.3 Å². The van der Waals surface area contributed by atoms with Crippen molar-refractivity contribution in [1.29, 1.82) is 0 Å². The second-order valence-electron chi connectivity index (χ2n) is 6.34. The summed E-state index contributed by atoms with van der Waals surface area (Å²) in [4.78, 5) is 0. The van der Waals surface area contributed by atoms with E-state index in [1.807, 2.05) is 0 Å². The predicted octanol–water partition coefficient (Wildman–Crippen LogP) is 4.73. The van der Waals surface area contributed by atoms with E-state index in [2.05, 4.69) is 82.8 Å². The van der Waals surface area contributed by atoms with E-state index in [0.717, 1.165) is 0 Å². The molecule has 1 heterocycles. The number of nitrogens with zero attached hydrogens (tertiary/aromatic N) is 1. The van der Waals surface area contributed by atoms with E-state index in [9.17, 15) is 0 Å². The molecule has 0 amide bonds. The molecule has 20 heavy (non-hydrogen) atoms. The van der Waals surface area contributed by atoms with Gasteiger partial charge in [-0.2, -0.15) is 0 Å². The van der Waals surface area contributed by atoms with E-state index >= 15 is 0 Å². The van der Waals surface area contributed by atoms with Crippen LogP contribution in [0.2, 0.25) is 0 Å². The minimum absolute atomic E-state index is 0.560. The molecule has 2 aromatic rings. The molecule has 0 aliphatic heterocycles.